The SMILES string of the molecule is [B][n+]1ccccc1CCCCOc1ccc2c(c1)CN(CC(F)(F)F)C(=O)[C@H](CC)C2. The highest BCUT2D eigenvalue weighted by molar-refractivity contribution is 5.94. The van der Waals surface area contributed by atoms with Crippen LogP contribution in [0, 0.1) is 5.92 Å². The van der Waals surface area contributed by atoms with Crippen LogP contribution < -0.4 is 9.21 Å². The summed E-state index contributed by atoms with van der Waals surface area (Å²) in [6.45, 7) is 1.05. The van der Waals surface area contributed by atoms with E-state index in [2.05, 4.69) is 0 Å². The van der Waals surface area contributed by atoms with E-state index in [1.807, 2.05) is 37.3 Å². The Hall–Kier alpha value is -2.51. The van der Waals surface area contributed by atoms with Crippen molar-refractivity contribution in [3.05, 3.63) is 59.4 Å². The molecule has 0 spiro atoms. The molecule has 1 amide bonds. The molecule has 164 valence electrons. The lowest BCUT2D eigenvalue weighted by Gasteiger charge is -2.25. The van der Waals surface area contributed by atoms with Gasteiger partial charge in [0.25, 0.3) is 0 Å². The molecule has 4 nitrogen and oxygen atoms in total. The fraction of sp³-hybridized carbons (Fsp3) is 0.478. The Bertz CT molecular complexity index is 905. The fourth-order valence-electron chi connectivity index (χ4n) is 3.90. The molecule has 3 rings (SSSR count). The van der Waals surface area contributed by atoms with Crippen LogP contribution >= 0.6 is 0 Å². The Labute approximate surface area is 182 Å². The van der Waals surface area contributed by atoms with Gasteiger partial charge in [-0.05, 0) is 55.0 Å². The highest BCUT2D eigenvalue weighted by Gasteiger charge is 2.37. The van der Waals surface area contributed by atoms with Gasteiger partial charge in [0.05, 0.1) is 6.61 Å². The van der Waals surface area contributed by atoms with Gasteiger partial charge in [-0.3, -0.25) is 9.27 Å². The van der Waals surface area contributed by atoms with Crippen molar-refractivity contribution in [2.45, 2.75) is 51.7 Å². The van der Waals surface area contributed by atoms with E-state index in [0.717, 1.165) is 41.0 Å². The second-order valence-electron chi connectivity index (χ2n) is 7.95. The summed E-state index contributed by atoms with van der Waals surface area (Å²) >= 11 is 0. The smallest absolute Gasteiger partial charge is 0.494 e. The van der Waals surface area contributed by atoms with Crippen molar-refractivity contribution < 1.29 is 27.2 Å². The zero-order valence-electron chi connectivity index (χ0n) is 17.7. The van der Waals surface area contributed by atoms with Gasteiger partial charge in [-0.2, -0.15) is 13.2 Å². The van der Waals surface area contributed by atoms with Crippen LogP contribution in [0.5, 0.6) is 5.75 Å². The molecule has 1 atom stereocenters. The number of hydrogen-bond donors (Lipinski definition) is 0. The number of rotatable bonds is 8. The maximum absolute atomic E-state index is 13.0. The van der Waals surface area contributed by atoms with Crippen LogP contribution in [0.1, 0.15) is 43.0 Å². The second-order valence-corrected chi connectivity index (χ2v) is 7.95. The quantitative estimate of drug-likeness (QED) is 0.471. The third kappa shape index (κ3) is 6.49. The number of amides is 1. The summed E-state index contributed by atoms with van der Waals surface area (Å²) in [7, 11) is 5.87. The van der Waals surface area contributed by atoms with Crippen LogP contribution in [0.25, 0.3) is 0 Å². The van der Waals surface area contributed by atoms with E-state index in [0.29, 0.717) is 25.2 Å². The molecule has 0 bridgehead atoms. The number of pyridine rings is 1. The lowest BCUT2D eigenvalue weighted by Crippen LogP contribution is -2.40. The maximum atomic E-state index is 13.0. The first-order valence-electron chi connectivity index (χ1n) is 10.6. The van der Waals surface area contributed by atoms with E-state index in [1.54, 1.807) is 16.7 Å². The minimum Gasteiger partial charge on any atom is -0.494 e. The summed E-state index contributed by atoms with van der Waals surface area (Å²) in [6, 6.07) is 11.3. The lowest BCUT2D eigenvalue weighted by molar-refractivity contribution is -0.531. The van der Waals surface area contributed by atoms with Gasteiger partial charge in [-0.1, -0.05) is 19.1 Å². The fourth-order valence-corrected chi connectivity index (χ4v) is 3.90. The molecule has 0 fully saturated rings. The predicted octanol–water partition coefficient (Wildman–Crippen LogP) is 3.78. The number of carbonyl (C=O) groups excluding carboxylic acids is 1. The Morgan fingerprint density at radius 3 is 2.71 bits per heavy atom. The molecule has 2 radical (unpaired) electrons. The van der Waals surface area contributed by atoms with Gasteiger partial charge < -0.3 is 9.64 Å². The summed E-state index contributed by atoms with van der Waals surface area (Å²) in [5, 5.41) is 0. The molecule has 0 unspecified atom stereocenters. The van der Waals surface area contributed by atoms with Crippen molar-refractivity contribution in [2.24, 2.45) is 5.92 Å². The molecule has 1 aliphatic heterocycles. The van der Waals surface area contributed by atoms with Crippen molar-refractivity contribution in [1.29, 1.82) is 0 Å². The Morgan fingerprint density at radius 2 is 2.00 bits per heavy atom. The standard InChI is InChI=1S/C23H27BF3N2O2/c1-2-17-13-18-9-10-21(14-19(18)15-28(22(17)30)16-23(25,26)27)31-12-6-4-8-20-7-3-5-11-29(20)24/h3,5,7,9-11,14,17H,2,4,6,8,12-13,15-16H2,1H3/q+1/t17-/m1/s1. The molecule has 1 aliphatic rings. The molecule has 0 saturated heterocycles. The van der Waals surface area contributed by atoms with Gasteiger partial charge in [-0.25, -0.2) is 0 Å². The zero-order valence-corrected chi connectivity index (χ0v) is 17.7. The Balaban J connectivity index is 1.60. The lowest BCUT2D eigenvalue weighted by atomic mass is 9.95. The van der Waals surface area contributed by atoms with Crippen LogP contribution in [0.4, 0.5) is 13.2 Å². The molecule has 1 aromatic heterocycles. The summed E-state index contributed by atoms with van der Waals surface area (Å²) in [4.78, 5) is 13.5. The Morgan fingerprint density at radius 1 is 1.19 bits per heavy atom. The van der Waals surface area contributed by atoms with Crippen molar-refractivity contribution >= 4 is 13.9 Å². The van der Waals surface area contributed by atoms with E-state index in [9.17, 15) is 18.0 Å². The molecule has 31 heavy (non-hydrogen) atoms. The summed E-state index contributed by atoms with van der Waals surface area (Å²) < 4.78 is 46.4. The van der Waals surface area contributed by atoms with Crippen LogP contribution in [-0.4, -0.2) is 38.1 Å². The minimum atomic E-state index is -4.42. The number of alkyl halides is 3. The summed E-state index contributed by atoms with van der Waals surface area (Å²) in [6.07, 6.45) is 0.896. The first-order chi connectivity index (χ1) is 14.8. The second kappa shape index (κ2) is 10.2. The van der Waals surface area contributed by atoms with Gasteiger partial charge in [0, 0.05) is 24.9 Å². The highest BCUT2D eigenvalue weighted by atomic mass is 19.4. The first kappa shape index (κ1) is 23.2. The summed E-state index contributed by atoms with van der Waals surface area (Å²) in [5.41, 5.74) is 2.67. The van der Waals surface area contributed by atoms with E-state index in [4.69, 9.17) is 12.7 Å². The van der Waals surface area contributed by atoms with Gasteiger partial charge >= 0.3 is 14.2 Å². The van der Waals surface area contributed by atoms with Crippen LogP contribution in [0.2, 0.25) is 0 Å². The third-order valence-corrected chi connectivity index (χ3v) is 5.60. The number of nitrogens with zero attached hydrogens (tertiary/aromatic N) is 2. The summed E-state index contributed by atoms with van der Waals surface area (Å²) in [5.74, 6) is -0.253. The van der Waals surface area contributed by atoms with E-state index < -0.39 is 24.5 Å². The maximum Gasteiger partial charge on any atom is 0.586 e. The monoisotopic (exact) mass is 431 g/mol. The molecule has 0 saturated carbocycles. The van der Waals surface area contributed by atoms with Crippen molar-refractivity contribution in [3.8, 4) is 5.75 Å². The van der Waals surface area contributed by atoms with Crippen LogP contribution in [0.3, 0.4) is 0 Å². The zero-order chi connectivity index (χ0) is 22.4. The molecule has 0 N–H and O–H groups in total. The van der Waals surface area contributed by atoms with E-state index in [1.165, 1.54) is 0 Å². The number of benzene rings is 1. The van der Waals surface area contributed by atoms with Crippen LogP contribution in [0.15, 0.2) is 42.6 Å². The number of fused-ring (bicyclic) bond motifs is 1. The Kier molecular flexibility index (Phi) is 7.62. The average Bonchev–Trinajstić information content (AvgIpc) is 2.84. The van der Waals surface area contributed by atoms with Crippen molar-refractivity contribution in [2.75, 3.05) is 13.2 Å². The third-order valence-electron chi connectivity index (χ3n) is 5.60. The van der Waals surface area contributed by atoms with Gasteiger partial charge in [0.1, 0.15) is 18.5 Å². The van der Waals surface area contributed by atoms with Gasteiger partial charge in [-0.15, -0.1) is 0 Å². The number of aromatic nitrogens is 1. The van der Waals surface area contributed by atoms with E-state index >= 15 is 0 Å². The molecule has 2 aromatic rings. The minimum absolute atomic E-state index is 0.0497. The molecule has 0 aliphatic carbocycles. The number of ether oxygens (including phenoxy) is 1. The number of hydrogen-bond acceptors (Lipinski definition) is 2. The van der Waals surface area contributed by atoms with Gasteiger partial charge in [0.2, 0.25) is 5.91 Å². The molecular formula is C23H27BF3N2O2+. The average molecular weight is 431 g/mol. The normalized spacial score (nSPS) is 16.7. The number of carbonyl (C=O) groups is 1. The van der Waals surface area contributed by atoms with Gasteiger partial charge in [0.15, 0.2) is 5.69 Å². The number of halogens is 3. The molecular weight excluding hydrogens is 404 g/mol. The van der Waals surface area contributed by atoms with Crippen molar-refractivity contribution in [3.63, 3.8) is 0 Å². The molecule has 1 aromatic carbocycles. The molecule has 2 heterocycles. The van der Waals surface area contributed by atoms with Crippen LogP contribution in [-0.2, 0) is 24.2 Å². The topological polar surface area (TPSA) is 33.4 Å². The van der Waals surface area contributed by atoms with Crippen molar-refractivity contribution in [1.82, 2.24) is 4.90 Å². The first-order valence-corrected chi connectivity index (χ1v) is 10.6. The molecule has 8 heteroatoms. The highest BCUT2D eigenvalue weighted by Crippen LogP contribution is 2.30. The number of unbranched alkanes of at least 4 members (excludes halogenated alkanes) is 1. The largest absolute Gasteiger partial charge is 0.586 e. The predicted molar refractivity (Wildman–Crippen MR) is 112 cm³/mol. The van der Waals surface area contributed by atoms with E-state index in [-0.39, 0.29) is 6.54 Å². The number of aryl methyl sites for hydroxylation is 1.